The molecule has 0 aliphatic heterocycles. The average Bonchev–Trinajstić information content (AvgIpc) is 2.53. The molecular weight excluding hydrogens is 260 g/mol. The molecule has 20 heavy (non-hydrogen) atoms. The van der Waals surface area contributed by atoms with Gasteiger partial charge in [0, 0.05) is 17.7 Å². The van der Waals surface area contributed by atoms with Crippen LogP contribution in [0.5, 0.6) is 17.4 Å². The van der Waals surface area contributed by atoms with Gasteiger partial charge in [0.25, 0.3) is 0 Å². The van der Waals surface area contributed by atoms with Gasteiger partial charge in [-0.25, -0.2) is 9.97 Å². The molecule has 0 spiro atoms. The molecule has 0 aliphatic carbocycles. The van der Waals surface area contributed by atoms with Gasteiger partial charge < -0.3 is 14.2 Å². The molecule has 104 valence electrons. The van der Waals surface area contributed by atoms with Gasteiger partial charge in [0.2, 0.25) is 11.7 Å². The third-order valence-electron chi connectivity index (χ3n) is 2.70. The van der Waals surface area contributed by atoms with Gasteiger partial charge in [0.15, 0.2) is 0 Å². The lowest BCUT2D eigenvalue weighted by atomic mass is 10.1. The highest BCUT2D eigenvalue weighted by Crippen LogP contribution is 2.24. The Morgan fingerprint density at radius 2 is 1.55 bits per heavy atom. The van der Waals surface area contributed by atoms with Gasteiger partial charge in [-0.2, -0.15) is 0 Å². The van der Waals surface area contributed by atoms with Crippen LogP contribution in [-0.2, 0) is 0 Å². The molecule has 2 aromatic rings. The molecule has 1 heterocycles. The Bertz CT molecular complexity index is 606. The summed E-state index contributed by atoms with van der Waals surface area (Å²) in [7, 11) is 4.53. The van der Waals surface area contributed by atoms with Crippen molar-refractivity contribution in [2.45, 2.75) is 0 Å². The van der Waals surface area contributed by atoms with Crippen LogP contribution in [0.2, 0.25) is 0 Å². The monoisotopic (exact) mass is 274 g/mol. The largest absolute Gasteiger partial charge is 0.497 e. The molecule has 0 amide bonds. The number of aromatic nitrogens is 2. The Balaban J connectivity index is 2.41. The van der Waals surface area contributed by atoms with Crippen LogP contribution in [-0.4, -0.2) is 37.1 Å². The maximum atomic E-state index is 12.4. The summed E-state index contributed by atoms with van der Waals surface area (Å²) in [4.78, 5) is 20.2. The van der Waals surface area contributed by atoms with E-state index in [2.05, 4.69) is 9.97 Å². The Hall–Kier alpha value is -2.63. The first-order chi connectivity index (χ1) is 9.67. The number of methoxy groups -OCH3 is 3. The van der Waals surface area contributed by atoms with Crippen LogP contribution in [0.4, 0.5) is 0 Å². The fraction of sp³-hybridized carbons (Fsp3) is 0.214. The second-order valence-corrected chi connectivity index (χ2v) is 3.88. The number of hydrogen-bond donors (Lipinski definition) is 0. The number of hydrogen-bond acceptors (Lipinski definition) is 6. The maximum absolute atomic E-state index is 12.4. The number of ether oxygens (including phenoxy) is 3. The molecular formula is C14H14N2O4. The SMILES string of the molecule is COc1cc(OC)cc(C(=O)c2cc(OC)ncn2)c1. The Morgan fingerprint density at radius 3 is 2.10 bits per heavy atom. The van der Waals surface area contributed by atoms with Crippen molar-refractivity contribution in [3.63, 3.8) is 0 Å². The third kappa shape index (κ3) is 2.85. The zero-order valence-electron chi connectivity index (χ0n) is 11.4. The zero-order valence-corrected chi connectivity index (χ0v) is 11.4. The van der Waals surface area contributed by atoms with E-state index in [4.69, 9.17) is 14.2 Å². The summed E-state index contributed by atoms with van der Waals surface area (Å²) in [6.07, 6.45) is 1.28. The Labute approximate surface area is 116 Å². The lowest BCUT2D eigenvalue weighted by molar-refractivity contribution is 0.103. The maximum Gasteiger partial charge on any atom is 0.216 e. The summed E-state index contributed by atoms with van der Waals surface area (Å²) in [6, 6.07) is 6.42. The van der Waals surface area contributed by atoms with Gasteiger partial charge in [-0.1, -0.05) is 0 Å². The second kappa shape index (κ2) is 6.01. The lowest BCUT2D eigenvalue weighted by Gasteiger charge is -2.08. The van der Waals surface area contributed by atoms with Gasteiger partial charge in [-0.15, -0.1) is 0 Å². The Kier molecular flexibility index (Phi) is 4.14. The van der Waals surface area contributed by atoms with Crippen molar-refractivity contribution in [2.75, 3.05) is 21.3 Å². The molecule has 0 radical (unpaired) electrons. The topological polar surface area (TPSA) is 70.5 Å². The summed E-state index contributed by atoms with van der Waals surface area (Å²) < 4.78 is 15.3. The zero-order chi connectivity index (χ0) is 14.5. The van der Waals surface area contributed by atoms with Crippen LogP contribution in [0.25, 0.3) is 0 Å². The van der Waals surface area contributed by atoms with Crippen LogP contribution in [0.15, 0.2) is 30.6 Å². The van der Waals surface area contributed by atoms with Crippen molar-refractivity contribution >= 4 is 5.78 Å². The summed E-state index contributed by atoms with van der Waals surface area (Å²) in [5.41, 5.74) is 0.661. The number of carbonyl (C=O) groups is 1. The molecule has 0 fully saturated rings. The Morgan fingerprint density at radius 1 is 0.900 bits per heavy atom. The molecule has 1 aromatic carbocycles. The molecule has 0 aliphatic rings. The fourth-order valence-corrected chi connectivity index (χ4v) is 1.66. The van der Waals surface area contributed by atoms with E-state index in [0.29, 0.717) is 22.9 Å². The number of benzene rings is 1. The summed E-state index contributed by atoms with van der Waals surface area (Å²) in [5.74, 6) is 1.14. The third-order valence-corrected chi connectivity index (χ3v) is 2.70. The molecule has 6 nitrogen and oxygen atoms in total. The van der Waals surface area contributed by atoms with Gasteiger partial charge in [-0.3, -0.25) is 4.79 Å². The van der Waals surface area contributed by atoms with E-state index < -0.39 is 0 Å². The minimum atomic E-state index is -0.261. The molecule has 0 unspecified atom stereocenters. The predicted molar refractivity (Wildman–Crippen MR) is 71.6 cm³/mol. The van der Waals surface area contributed by atoms with Gasteiger partial charge >= 0.3 is 0 Å². The molecule has 0 N–H and O–H groups in total. The molecule has 0 saturated carbocycles. The number of carbonyl (C=O) groups excluding carboxylic acids is 1. The minimum Gasteiger partial charge on any atom is -0.497 e. The predicted octanol–water partition coefficient (Wildman–Crippen LogP) is 1.73. The van der Waals surface area contributed by atoms with Crippen molar-refractivity contribution in [2.24, 2.45) is 0 Å². The van der Waals surface area contributed by atoms with Crippen LogP contribution < -0.4 is 14.2 Å². The van der Waals surface area contributed by atoms with E-state index in [1.165, 1.54) is 33.7 Å². The van der Waals surface area contributed by atoms with Crippen molar-refractivity contribution in [1.82, 2.24) is 9.97 Å². The van der Waals surface area contributed by atoms with Crippen molar-refractivity contribution in [3.05, 3.63) is 41.9 Å². The van der Waals surface area contributed by atoms with Crippen molar-refractivity contribution in [1.29, 1.82) is 0 Å². The van der Waals surface area contributed by atoms with E-state index >= 15 is 0 Å². The smallest absolute Gasteiger partial charge is 0.216 e. The van der Waals surface area contributed by atoms with E-state index in [-0.39, 0.29) is 11.5 Å². The van der Waals surface area contributed by atoms with E-state index in [1.807, 2.05) is 0 Å². The molecule has 0 atom stereocenters. The molecule has 6 heteroatoms. The molecule has 0 saturated heterocycles. The minimum absolute atomic E-state index is 0.243. The highest BCUT2D eigenvalue weighted by Gasteiger charge is 2.14. The standard InChI is InChI=1S/C14H14N2O4/c1-18-10-4-9(5-11(6-10)19-2)14(17)12-7-13(20-3)16-8-15-12/h4-8H,1-3H3. The van der Waals surface area contributed by atoms with E-state index in [1.54, 1.807) is 18.2 Å². The van der Waals surface area contributed by atoms with Crippen LogP contribution in [0, 0.1) is 0 Å². The fourth-order valence-electron chi connectivity index (χ4n) is 1.66. The number of rotatable bonds is 5. The van der Waals surface area contributed by atoms with E-state index in [9.17, 15) is 4.79 Å². The number of ketones is 1. The first-order valence-corrected chi connectivity index (χ1v) is 5.81. The normalized spacial score (nSPS) is 9.95. The van der Waals surface area contributed by atoms with Crippen LogP contribution in [0.1, 0.15) is 16.1 Å². The lowest BCUT2D eigenvalue weighted by Crippen LogP contribution is -2.06. The molecule has 2 rings (SSSR count). The quantitative estimate of drug-likeness (QED) is 0.773. The first kappa shape index (κ1) is 13.8. The number of nitrogens with zero attached hydrogens (tertiary/aromatic N) is 2. The second-order valence-electron chi connectivity index (χ2n) is 3.88. The van der Waals surface area contributed by atoms with Crippen LogP contribution in [0.3, 0.4) is 0 Å². The average molecular weight is 274 g/mol. The highest BCUT2D eigenvalue weighted by atomic mass is 16.5. The highest BCUT2D eigenvalue weighted by molar-refractivity contribution is 6.08. The molecule has 1 aromatic heterocycles. The van der Waals surface area contributed by atoms with Gasteiger partial charge in [-0.05, 0) is 12.1 Å². The molecule has 0 bridgehead atoms. The first-order valence-electron chi connectivity index (χ1n) is 5.81. The van der Waals surface area contributed by atoms with Crippen LogP contribution >= 0.6 is 0 Å². The summed E-state index contributed by atoms with van der Waals surface area (Å²) in [6.45, 7) is 0. The summed E-state index contributed by atoms with van der Waals surface area (Å²) >= 11 is 0. The van der Waals surface area contributed by atoms with E-state index in [0.717, 1.165) is 0 Å². The van der Waals surface area contributed by atoms with Crippen molar-refractivity contribution in [3.8, 4) is 17.4 Å². The van der Waals surface area contributed by atoms with Crippen molar-refractivity contribution < 1.29 is 19.0 Å². The summed E-state index contributed by atoms with van der Waals surface area (Å²) in [5, 5.41) is 0. The van der Waals surface area contributed by atoms with Gasteiger partial charge in [0.1, 0.15) is 23.5 Å². The van der Waals surface area contributed by atoms with Gasteiger partial charge in [0.05, 0.1) is 21.3 Å².